The molecule has 1 aliphatic carbocycles. The molecule has 3 heterocycles. The molecule has 1 saturated carbocycles. The maximum atomic E-state index is 2.76. The smallest absolute Gasteiger partial charge is 0.252 e. The summed E-state index contributed by atoms with van der Waals surface area (Å²) in [6.45, 7) is 5.13. The Labute approximate surface area is 354 Å². The molecule has 4 heteroatoms. The van der Waals surface area contributed by atoms with Crippen molar-refractivity contribution in [3.63, 3.8) is 0 Å². The number of benzene rings is 8. The van der Waals surface area contributed by atoms with Crippen molar-refractivity contribution in [2.24, 2.45) is 0 Å². The number of para-hydroxylation sites is 3. The summed E-state index contributed by atoms with van der Waals surface area (Å²) in [7, 11) is 0. The van der Waals surface area contributed by atoms with Crippen LogP contribution in [-0.4, -0.2) is 12.3 Å². The second kappa shape index (κ2) is 13.4. The fourth-order valence-corrected chi connectivity index (χ4v) is 11.6. The van der Waals surface area contributed by atoms with Gasteiger partial charge in [-0.1, -0.05) is 159 Å². The van der Waals surface area contributed by atoms with Crippen LogP contribution in [0.1, 0.15) is 45.1 Å². The van der Waals surface area contributed by atoms with Crippen LogP contribution in [0.15, 0.2) is 194 Å². The minimum Gasteiger partial charge on any atom is -0.334 e. The van der Waals surface area contributed by atoms with Crippen molar-refractivity contribution < 1.29 is 0 Å². The molecule has 8 aromatic carbocycles. The summed E-state index contributed by atoms with van der Waals surface area (Å²) in [4.78, 5) is 7.89. The molecule has 0 N–H and O–H groups in total. The third-order valence-electron chi connectivity index (χ3n) is 14.6. The van der Waals surface area contributed by atoms with E-state index in [1.54, 1.807) is 0 Å². The molecule has 0 saturated heterocycles. The fraction of sp³-hybridized carbons (Fsp3) is 0.143. The standard InChI is InChI=1S/C56H46BN3/c1-55-33-16-17-34-56(55,2)60(49-29-14-12-27-46(49)55)45-37-52-54-53(38-45)59(44-26-18-23-41(35-44)39-19-6-3-7-20-39)51-36-42(40-21-8-4-9-22-40)31-32-48(51)57(54)47-28-13-15-30-50(47)58(52)43-24-10-5-11-25-43/h3-15,18-32,35-38H,16-17,33-34H2,1-2H3. The van der Waals surface area contributed by atoms with E-state index in [0.29, 0.717) is 0 Å². The summed E-state index contributed by atoms with van der Waals surface area (Å²) in [5.74, 6) is 0. The van der Waals surface area contributed by atoms with Gasteiger partial charge in [-0.3, -0.25) is 0 Å². The zero-order valence-corrected chi connectivity index (χ0v) is 34.2. The highest BCUT2D eigenvalue weighted by Gasteiger charge is 2.58. The van der Waals surface area contributed by atoms with Crippen molar-refractivity contribution in [1.29, 1.82) is 0 Å². The van der Waals surface area contributed by atoms with Crippen LogP contribution in [0, 0.1) is 0 Å². The van der Waals surface area contributed by atoms with Crippen molar-refractivity contribution in [2.75, 3.05) is 14.7 Å². The van der Waals surface area contributed by atoms with Gasteiger partial charge in [0.15, 0.2) is 0 Å². The third-order valence-corrected chi connectivity index (χ3v) is 14.6. The summed E-state index contributed by atoms with van der Waals surface area (Å²) in [6.07, 6.45) is 4.82. The Morgan fingerprint density at radius 2 is 0.950 bits per heavy atom. The number of nitrogens with zero attached hydrogens (tertiary/aromatic N) is 3. The largest absolute Gasteiger partial charge is 0.334 e. The number of rotatable bonds is 5. The summed E-state index contributed by atoms with van der Waals surface area (Å²) >= 11 is 0. The molecule has 3 nitrogen and oxygen atoms in total. The second-order valence-corrected chi connectivity index (χ2v) is 17.6. The number of fused-ring (bicyclic) bond motifs is 7. The Kier molecular flexibility index (Phi) is 7.84. The van der Waals surface area contributed by atoms with E-state index < -0.39 is 0 Å². The van der Waals surface area contributed by atoms with Gasteiger partial charge in [-0.2, -0.15) is 0 Å². The van der Waals surface area contributed by atoms with Crippen molar-refractivity contribution >= 4 is 68.6 Å². The molecule has 1 fully saturated rings. The second-order valence-electron chi connectivity index (χ2n) is 17.6. The SMILES string of the molecule is CC12CCCCC1(C)N(c1cc3c4c(c1)N(c1cccc(-c5ccccc5)c1)c1cc(-c5ccccc5)ccc1B4c1ccccc1N3c1ccccc1)c1ccccc12. The topological polar surface area (TPSA) is 9.72 Å². The van der Waals surface area contributed by atoms with Crippen molar-refractivity contribution in [2.45, 2.75) is 50.5 Å². The zero-order valence-electron chi connectivity index (χ0n) is 34.2. The van der Waals surface area contributed by atoms with E-state index >= 15 is 0 Å². The molecular formula is C56H46BN3. The number of hydrogen-bond donors (Lipinski definition) is 0. The van der Waals surface area contributed by atoms with Gasteiger partial charge < -0.3 is 14.7 Å². The summed E-state index contributed by atoms with van der Waals surface area (Å²) in [5.41, 5.74) is 20.1. The van der Waals surface area contributed by atoms with Crippen LogP contribution >= 0.6 is 0 Å². The Hall–Kier alpha value is -6.78. The third kappa shape index (κ3) is 5.03. The highest BCUT2D eigenvalue weighted by Crippen LogP contribution is 2.61. The average Bonchev–Trinajstić information content (AvgIpc) is 3.52. The zero-order chi connectivity index (χ0) is 40.0. The van der Waals surface area contributed by atoms with E-state index in [9.17, 15) is 0 Å². The van der Waals surface area contributed by atoms with Gasteiger partial charge in [0, 0.05) is 50.9 Å². The number of anilines is 8. The molecule has 12 rings (SSSR count). The van der Waals surface area contributed by atoms with E-state index in [4.69, 9.17) is 0 Å². The van der Waals surface area contributed by atoms with Gasteiger partial charge in [0.1, 0.15) is 0 Å². The first-order chi connectivity index (χ1) is 29.5. The van der Waals surface area contributed by atoms with E-state index in [1.165, 1.54) is 103 Å². The van der Waals surface area contributed by atoms with Gasteiger partial charge in [0.05, 0.1) is 5.54 Å². The highest BCUT2D eigenvalue weighted by molar-refractivity contribution is 7.00. The molecule has 0 aromatic heterocycles. The molecular weight excluding hydrogens is 725 g/mol. The van der Waals surface area contributed by atoms with Gasteiger partial charge in [-0.05, 0) is 119 Å². The quantitative estimate of drug-likeness (QED) is 0.161. The molecule has 288 valence electrons. The Morgan fingerprint density at radius 3 is 1.68 bits per heavy atom. The highest BCUT2D eigenvalue weighted by atomic mass is 15.3. The lowest BCUT2D eigenvalue weighted by molar-refractivity contribution is 0.195. The first-order valence-corrected chi connectivity index (χ1v) is 21.7. The molecule has 4 aliphatic rings. The Bertz CT molecular complexity index is 2950. The molecule has 60 heavy (non-hydrogen) atoms. The van der Waals surface area contributed by atoms with E-state index in [1.807, 2.05) is 0 Å². The molecule has 0 radical (unpaired) electrons. The predicted octanol–water partition coefficient (Wildman–Crippen LogP) is 12.8. The lowest BCUT2D eigenvalue weighted by atomic mass is 9.33. The molecule has 8 aromatic rings. The average molecular weight is 772 g/mol. The van der Waals surface area contributed by atoms with Gasteiger partial charge >= 0.3 is 0 Å². The summed E-state index contributed by atoms with van der Waals surface area (Å²) in [5, 5.41) is 0. The molecule has 0 amide bonds. The van der Waals surface area contributed by atoms with Crippen LogP contribution < -0.4 is 31.1 Å². The molecule has 0 spiro atoms. The van der Waals surface area contributed by atoms with Crippen molar-refractivity contribution in [3.8, 4) is 22.3 Å². The maximum absolute atomic E-state index is 2.76. The predicted molar refractivity (Wildman–Crippen MR) is 254 cm³/mol. The minimum absolute atomic E-state index is 0.0319. The van der Waals surface area contributed by atoms with Gasteiger partial charge in [-0.15, -0.1) is 0 Å². The lowest BCUT2D eigenvalue weighted by Crippen LogP contribution is -2.61. The van der Waals surface area contributed by atoms with E-state index in [2.05, 4.69) is 223 Å². The Balaban J connectivity index is 1.19. The summed E-state index contributed by atoms with van der Waals surface area (Å²) in [6, 6.07) is 72.6. The van der Waals surface area contributed by atoms with Crippen LogP contribution in [0.5, 0.6) is 0 Å². The van der Waals surface area contributed by atoms with Gasteiger partial charge in [0.25, 0.3) is 6.71 Å². The fourth-order valence-electron chi connectivity index (χ4n) is 11.6. The minimum atomic E-state index is -0.0927. The monoisotopic (exact) mass is 771 g/mol. The maximum Gasteiger partial charge on any atom is 0.252 e. The van der Waals surface area contributed by atoms with Crippen molar-refractivity contribution in [1.82, 2.24) is 0 Å². The van der Waals surface area contributed by atoms with E-state index in [0.717, 1.165) is 12.1 Å². The van der Waals surface area contributed by atoms with Crippen LogP contribution in [0.25, 0.3) is 22.3 Å². The first kappa shape index (κ1) is 35.2. The molecule has 2 unspecified atom stereocenters. The van der Waals surface area contributed by atoms with E-state index in [-0.39, 0.29) is 17.7 Å². The van der Waals surface area contributed by atoms with Crippen LogP contribution in [0.2, 0.25) is 0 Å². The van der Waals surface area contributed by atoms with Gasteiger partial charge in [0.2, 0.25) is 0 Å². The normalized spacial score (nSPS) is 19.6. The summed E-state index contributed by atoms with van der Waals surface area (Å²) < 4.78 is 0. The van der Waals surface area contributed by atoms with Crippen LogP contribution in [-0.2, 0) is 5.41 Å². The molecule has 0 bridgehead atoms. The Morgan fingerprint density at radius 1 is 0.400 bits per heavy atom. The van der Waals surface area contributed by atoms with Crippen molar-refractivity contribution in [3.05, 3.63) is 200 Å². The molecule has 2 atom stereocenters. The first-order valence-electron chi connectivity index (χ1n) is 21.7. The molecule has 3 aliphatic heterocycles. The van der Waals surface area contributed by atoms with Crippen LogP contribution in [0.4, 0.5) is 45.5 Å². The lowest BCUT2D eigenvalue weighted by Gasteiger charge is -2.51. The number of hydrogen-bond acceptors (Lipinski definition) is 3. The van der Waals surface area contributed by atoms with Gasteiger partial charge in [-0.25, -0.2) is 0 Å². The van der Waals surface area contributed by atoms with Crippen LogP contribution in [0.3, 0.4) is 0 Å².